The summed E-state index contributed by atoms with van der Waals surface area (Å²) >= 11 is 0. The lowest BCUT2D eigenvalue weighted by Gasteiger charge is -2.31. The molecule has 8 nitrogen and oxygen atoms in total. The van der Waals surface area contributed by atoms with Gasteiger partial charge < -0.3 is 24.8 Å². The number of carbonyl (C=O) groups is 3. The number of nitrogens with zero attached hydrogens (tertiary/aromatic N) is 1. The summed E-state index contributed by atoms with van der Waals surface area (Å²) in [6, 6.07) is 16.4. The summed E-state index contributed by atoms with van der Waals surface area (Å²) in [7, 11) is 0. The average Bonchev–Trinajstić information content (AvgIpc) is 3.44. The van der Waals surface area contributed by atoms with Gasteiger partial charge in [0.25, 0.3) is 0 Å². The summed E-state index contributed by atoms with van der Waals surface area (Å²) < 4.78 is 10.8. The summed E-state index contributed by atoms with van der Waals surface area (Å²) in [5.74, 6) is -0.917. The number of morpholine rings is 1. The van der Waals surface area contributed by atoms with E-state index < -0.39 is 18.2 Å². The maximum atomic E-state index is 12.7. The van der Waals surface area contributed by atoms with E-state index in [2.05, 4.69) is 29.6 Å². The summed E-state index contributed by atoms with van der Waals surface area (Å²) in [6.07, 6.45) is 1.31. The maximum absolute atomic E-state index is 12.7. The quantitative estimate of drug-likeness (QED) is 0.659. The molecule has 2 amide bonds. The zero-order valence-corrected chi connectivity index (χ0v) is 19.5. The molecule has 0 radical (unpaired) electrons. The highest BCUT2D eigenvalue weighted by atomic mass is 16.5. The Bertz CT molecular complexity index is 1070. The number of carboxylic acids is 1. The Kier molecular flexibility index (Phi) is 6.72. The van der Waals surface area contributed by atoms with Crippen molar-refractivity contribution in [2.24, 2.45) is 5.92 Å². The molecule has 2 aromatic carbocycles. The molecule has 35 heavy (non-hydrogen) atoms. The van der Waals surface area contributed by atoms with Crippen molar-refractivity contribution in [1.82, 2.24) is 10.2 Å². The number of alkyl carbamates (subject to hydrolysis) is 1. The van der Waals surface area contributed by atoms with Gasteiger partial charge in [0.15, 0.2) is 6.10 Å². The fourth-order valence-corrected chi connectivity index (χ4v) is 5.60. The van der Waals surface area contributed by atoms with Gasteiger partial charge >= 0.3 is 12.1 Å². The van der Waals surface area contributed by atoms with Crippen molar-refractivity contribution in [3.05, 3.63) is 59.7 Å². The van der Waals surface area contributed by atoms with Crippen LogP contribution in [0.15, 0.2) is 48.5 Å². The number of rotatable bonds is 6. The van der Waals surface area contributed by atoms with Gasteiger partial charge in [0.05, 0.1) is 13.2 Å². The minimum atomic E-state index is -1.05. The van der Waals surface area contributed by atoms with Crippen LogP contribution in [-0.4, -0.2) is 66.4 Å². The Morgan fingerprint density at radius 3 is 2.40 bits per heavy atom. The third kappa shape index (κ3) is 5.03. The second kappa shape index (κ2) is 10.1. The number of benzene rings is 2. The van der Waals surface area contributed by atoms with E-state index in [0.29, 0.717) is 19.4 Å². The topological polar surface area (TPSA) is 105 Å². The molecule has 1 heterocycles. The lowest BCUT2D eigenvalue weighted by atomic mass is 9.98. The monoisotopic (exact) mass is 478 g/mol. The Balaban J connectivity index is 1.10. The maximum Gasteiger partial charge on any atom is 0.407 e. The second-order valence-electron chi connectivity index (χ2n) is 9.59. The van der Waals surface area contributed by atoms with Gasteiger partial charge in [-0.2, -0.15) is 0 Å². The molecule has 1 saturated heterocycles. The van der Waals surface area contributed by atoms with E-state index in [1.807, 2.05) is 24.3 Å². The lowest BCUT2D eigenvalue weighted by molar-refractivity contribution is -0.159. The van der Waals surface area contributed by atoms with Crippen molar-refractivity contribution in [2.75, 3.05) is 26.3 Å². The minimum absolute atomic E-state index is 0.0187. The van der Waals surface area contributed by atoms with Crippen LogP contribution in [-0.2, 0) is 19.1 Å². The van der Waals surface area contributed by atoms with Crippen molar-refractivity contribution < 1.29 is 29.0 Å². The largest absolute Gasteiger partial charge is 0.479 e. The molecule has 1 unspecified atom stereocenters. The molecule has 2 aromatic rings. The summed E-state index contributed by atoms with van der Waals surface area (Å²) in [6.45, 7) is 1.01. The van der Waals surface area contributed by atoms with Gasteiger partial charge in [-0.1, -0.05) is 48.5 Å². The van der Waals surface area contributed by atoms with Crippen LogP contribution >= 0.6 is 0 Å². The first-order valence-corrected chi connectivity index (χ1v) is 12.2. The van der Waals surface area contributed by atoms with Crippen molar-refractivity contribution >= 4 is 18.0 Å². The molecule has 5 rings (SSSR count). The van der Waals surface area contributed by atoms with Crippen LogP contribution in [0.1, 0.15) is 42.7 Å². The molecule has 0 aromatic heterocycles. The average molecular weight is 479 g/mol. The van der Waals surface area contributed by atoms with Crippen LogP contribution < -0.4 is 5.32 Å². The van der Waals surface area contributed by atoms with Crippen LogP contribution in [0.4, 0.5) is 4.79 Å². The van der Waals surface area contributed by atoms with Gasteiger partial charge in [-0.25, -0.2) is 9.59 Å². The third-order valence-electron chi connectivity index (χ3n) is 7.36. The Labute approximate surface area is 204 Å². The number of hydrogen-bond acceptors (Lipinski definition) is 5. The number of aliphatic carboxylic acids is 1. The lowest BCUT2D eigenvalue weighted by Crippen LogP contribution is -2.48. The number of ether oxygens (including phenoxy) is 2. The molecule has 2 fully saturated rings. The molecule has 3 atom stereocenters. The summed E-state index contributed by atoms with van der Waals surface area (Å²) in [4.78, 5) is 38.0. The van der Waals surface area contributed by atoms with Gasteiger partial charge in [0.2, 0.25) is 5.91 Å². The predicted molar refractivity (Wildman–Crippen MR) is 128 cm³/mol. The van der Waals surface area contributed by atoms with Crippen molar-refractivity contribution in [1.29, 1.82) is 0 Å². The molecular weight excluding hydrogens is 448 g/mol. The highest BCUT2D eigenvalue weighted by Crippen LogP contribution is 2.44. The van der Waals surface area contributed by atoms with Crippen LogP contribution in [0.3, 0.4) is 0 Å². The molecule has 1 saturated carbocycles. The number of carbonyl (C=O) groups excluding carboxylic acids is 2. The van der Waals surface area contributed by atoms with Gasteiger partial charge in [-0.15, -0.1) is 0 Å². The number of hydrogen-bond donors (Lipinski definition) is 2. The SMILES string of the molecule is O=C(N[C@H]1CC[C@@H](CC(=O)N2CCOC(C(=O)O)C2)C1)OCC1c2ccccc2-c2ccccc21. The predicted octanol–water partition coefficient (Wildman–Crippen LogP) is 3.40. The fraction of sp³-hybridized carbons (Fsp3) is 0.444. The van der Waals surface area contributed by atoms with Crippen LogP contribution in [0.25, 0.3) is 11.1 Å². The number of carboxylic acid groups (broad SMARTS) is 1. The summed E-state index contributed by atoms with van der Waals surface area (Å²) in [5, 5.41) is 12.1. The molecule has 0 spiro atoms. The van der Waals surface area contributed by atoms with Gasteiger partial charge in [0.1, 0.15) is 6.61 Å². The second-order valence-corrected chi connectivity index (χ2v) is 9.59. The number of amides is 2. The van der Waals surface area contributed by atoms with E-state index in [1.54, 1.807) is 4.90 Å². The molecule has 8 heteroatoms. The molecule has 184 valence electrons. The van der Waals surface area contributed by atoms with E-state index in [9.17, 15) is 14.4 Å². The van der Waals surface area contributed by atoms with Crippen LogP contribution in [0.2, 0.25) is 0 Å². The Hall–Kier alpha value is -3.39. The molecule has 2 N–H and O–H groups in total. The normalized spacial score (nSPS) is 23.4. The first-order valence-electron chi connectivity index (χ1n) is 12.2. The zero-order valence-electron chi connectivity index (χ0n) is 19.5. The smallest absolute Gasteiger partial charge is 0.407 e. The molecule has 3 aliphatic rings. The zero-order chi connectivity index (χ0) is 24.4. The van der Waals surface area contributed by atoms with Crippen molar-refractivity contribution in [2.45, 2.75) is 43.7 Å². The first-order chi connectivity index (χ1) is 17.0. The minimum Gasteiger partial charge on any atom is -0.479 e. The van der Waals surface area contributed by atoms with Gasteiger partial charge in [-0.05, 0) is 47.4 Å². The van der Waals surface area contributed by atoms with E-state index in [1.165, 1.54) is 22.3 Å². The Morgan fingerprint density at radius 1 is 1.03 bits per heavy atom. The molecular formula is C27H30N2O6. The van der Waals surface area contributed by atoms with E-state index in [4.69, 9.17) is 14.6 Å². The molecule has 1 aliphatic heterocycles. The van der Waals surface area contributed by atoms with Crippen LogP contribution in [0, 0.1) is 5.92 Å². The van der Waals surface area contributed by atoms with Crippen LogP contribution in [0.5, 0.6) is 0 Å². The number of nitrogens with one attached hydrogen (secondary N) is 1. The van der Waals surface area contributed by atoms with Crippen molar-refractivity contribution in [3.8, 4) is 11.1 Å². The van der Waals surface area contributed by atoms with Crippen molar-refractivity contribution in [3.63, 3.8) is 0 Å². The summed E-state index contributed by atoms with van der Waals surface area (Å²) in [5.41, 5.74) is 4.73. The highest BCUT2D eigenvalue weighted by molar-refractivity contribution is 5.80. The van der Waals surface area contributed by atoms with Gasteiger partial charge in [0, 0.05) is 24.9 Å². The van der Waals surface area contributed by atoms with Gasteiger partial charge in [-0.3, -0.25) is 4.79 Å². The van der Waals surface area contributed by atoms with E-state index >= 15 is 0 Å². The fourth-order valence-electron chi connectivity index (χ4n) is 5.60. The Morgan fingerprint density at radius 2 is 1.71 bits per heavy atom. The third-order valence-corrected chi connectivity index (χ3v) is 7.36. The van der Waals surface area contributed by atoms with E-state index in [-0.39, 0.29) is 43.5 Å². The molecule has 0 bridgehead atoms. The number of fused-ring (bicyclic) bond motifs is 3. The highest BCUT2D eigenvalue weighted by Gasteiger charge is 2.33. The standard InChI is InChI=1S/C27H30N2O6/c30-25(29-11-12-34-24(15-29)26(31)32)14-17-9-10-18(13-17)28-27(33)35-16-23-21-7-3-1-5-19(21)20-6-2-4-8-22(20)23/h1-8,17-18,23-24H,9-16H2,(H,28,33)(H,31,32)/t17-,18+,24?/m1/s1. The first kappa shape index (κ1) is 23.4. The molecule has 2 aliphatic carbocycles. The van der Waals surface area contributed by atoms with E-state index in [0.717, 1.165) is 12.8 Å².